The van der Waals surface area contributed by atoms with Gasteiger partial charge in [0.15, 0.2) is 0 Å². The number of benzene rings is 1. The van der Waals surface area contributed by atoms with E-state index in [1.807, 2.05) is 44.2 Å². The minimum atomic E-state index is -0.583. The van der Waals surface area contributed by atoms with Crippen LogP contribution in [0.4, 0.5) is 4.79 Å². The van der Waals surface area contributed by atoms with Crippen molar-refractivity contribution in [2.75, 3.05) is 6.54 Å². The molecule has 22 heavy (non-hydrogen) atoms. The van der Waals surface area contributed by atoms with Gasteiger partial charge < -0.3 is 15.4 Å². The Morgan fingerprint density at radius 1 is 1.18 bits per heavy atom. The standard InChI is InChI=1S/C17H26N2O3/c1-4-5-11-18-16(20)15(13(2)3)19-17(21)22-12-14-9-7-6-8-10-14/h6-10,13,15H,4-5,11-12H2,1-3H3,(H,18,20)(H,19,21)/t15-/m0/s1. The second-order valence-corrected chi connectivity index (χ2v) is 5.57. The molecule has 0 heterocycles. The molecular formula is C17H26N2O3. The van der Waals surface area contributed by atoms with Crippen molar-refractivity contribution >= 4 is 12.0 Å². The van der Waals surface area contributed by atoms with Crippen LogP contribution in [0.3, 0.4) is 0 Å². The lowest BCUT2D eigenvalue weighted by atomic mass is 10.0. The Morgan fingerprint density at radius 2 is 1.86 bits per heavy atom. The Bertz CT molecular complexity index is 460. The van der Waals surface area contributed by atoms with E-state index in [4.69, 9.17) is 4.74 Å². The van der Waals surface area contributed by atoms with Crippen LogP contribution >= 0.6 is 0 Å². The number of nitrogens with one attached hydrogen (secondary N) is 2. The third kappa shape index (κ3) is 6.61. The van der Waals surface area contributed by atoms with Gasteiger partial charge in [0, 0.05) is 6.54 Å². The monoisotopic (exact) mass is 306 g/mol. The van der Waals surface area contributed by atoms with Crippen molar-refractivity contribution in [2.45, 2.75) is 46.3 Å². The van der Waals surface area contributed by atoms with Gasteiger partial charge in [0.2, 0.25) is 5.91 Å². The molecule has 0 unspecified atom stereocenters. The Kier molecular flexibility index (Phi) is 8.04. The van der Waals surface area contributed by atoms with Crippen molar-refractivity contribution in [1.29, 1.82) is 0 Å². The summed E-state index contributed by atoms with van der Waals surface area (Å²) in [6.45, 7) is 6.66. The number of alkyl carbamates (subject to hydrolysis) is 1. The van der Waals surface area contributed by atoms with Crippen molar-refractivity contribution in [1.82, 2.24) is 10.6 Å². The van der Waals surface area contributed by atoms with E-state index in [9.17, 15) is 9.59 Å². The molecule has 1 atom stereocenters. The summed E-state index contributed by atoms with van der Waals surface area (Å²) in [6, 6.07) is 8.85. The predicted molar refractivity (Wildman–Crippen MR) is 86.3 cm³/mol. The molecule has 0 aromatic heterocycles. The van der Waals surface area contributed by atoms with Crippen LogP contribution in [-0.4, -0.2) is 24.6 Å². The quantitative estimate of drug-likeness (QED) is 0.726. The second-order valence-electron chi connectivity index (χ2n) is 5.57. The first-order valence-electron chi connectivity index (χ1n) is 7.79. The zero-order valence-corrected chi connectivity index (χ0v) is 13.6. The molecule has 0 bridgehead atoms. The lowest BCUT2D eigenvalue weighted by molar-refractivity contribution is -0.124. The number of amides is 2. The molecular weight excluding hydrogens is 280 g/mol. The van der Waals surface area contributed by atoms with Gasteiger partial charge in [0.1, 0.15) is 12.6 Å². The summed E-state index contributed by atoms with van der Waals surface area (Å²) in [5.41, 5.74) is 0.908. The van der Waals surface area contributed by atoms with Crippen LogP contribution in [0.1, 0.15) is 39.2 Å². The first kappa shape index (κ1) is 18.0. The van der Waals surface area contributed by atoms with Gasteiger partial charge in [-0.05, 0) is 17.9 Å². The van der Waals surface area contributed by atoms with E-state index in [0.717, 1.165) is 18.4 Å². The topological polar surface area (TPSA) is 67.4 Å². The lowest BCUT2D eigenvalue weighted by Crippen LogP contribution is -2.50. The fraction of sp³-hybridized carbons (Fsp3) is 0.529. The number of carbonyl (C=O) groups excluding carboxylic acids is 2. The molecule has 0 aliphatic carbocycles. The molecule has 2 N–H and O–H groups in total. The number of hydrogen-bond acceptors (Lipinski definition) is 3. The van der Waals surface area contributed by atoms with Gasteiger partial charge in [0.25, 0.3) is 0 Å². The summed E-state index contributed by atoms with van der Waals surface area (Å²) >= 11 is 0. The fourth-order valence-corrected chi connectivity index (χ4v) is 1.93. The average Bonchev–Trinajstić information content (AvgIpc) is 2.51. The predicted octanol–water partition coefficient (Wildman–Crippen LogP) is 2.85. The minimum absolute atomic E-state index is 0.00842. The summed E-state index contributed by atoms with van der Waals surface area (Å²) in [5.74, 6) is -0.175. The van der Waals surface area contributed by atoms with E-state index in [1.165, 1.54) is 0 Å². The Balaban J connectivity index is 2.44. The van der Waals surface area contributed by atoms with E-state index in [-0.39, 0.29) is 18.4 Å². The van der Waals surface area contributed by atoms with Crippen LogP contribution in [0.2, 0.25) is 0 Å². The van der Waals surface area contributed by atoms with E-state index < -0.39 is 12.1 Å². The van der Waals surface area contributed by atoms with Crippen molar-refractivity contribution < 1.29 is 14.3 Å². The van der Waals surface area contributed by atoms with E-state index in [2.05, 4.69) is 17.6 Å². The molecule has 5 nitrogen and oxygen atoms in total. The summed E-state index contributed by atoms with van der Waals surface area (Å²) in [7, 11) is 0. The molecule has 0 aliphatic rings. The number of hydrogen-bond donors (Lipinski definition) is 2. The number of rotatable bonds is 8. The third-order valence-electron chi connectivity index (χ3n) is 3.26. The summed E-state index contributed by atoms with van der Waals surface area (Å²) in [5, 5.41) is 5.48. The van der Waals surface area contributed by atoms with Crippen LogP contribution in [0.5, 0.6) is 0 Å². The Labute approximate surface area is 132 Å². The SMILES string of the molecule is CCCCNC(=O)[C@@H](NC(=O)OCc1ccccc1)C(C)C. The van der Waals surface area contributed by atoms with E-state index >= 15 is 0 Å². The Hall–Kier alpha value is -2.04. The second kappa shape index (κ2) is 9.82. The van der Waals surface area contributed by atoms with Gasteiger partial charge in [0.05, 0.1) is 0 Å². The average molecular weight is 306 g/mol. The number of ether oxygens (including phenoxy) is 1. The van der Waals surface area contributed by atoms with Gasteiger partial charge in [-0.3, -0.25) is 4.79 Å². The van der Waals surface area contributed by atoms with Crippen molar-refractivity contribution in [3.05, 3.63) is 35.9 Å². The number of carbonyl (C=O) groups is 2. The summed E-state index contributed by atoms with van der Waals surface area (Å²) in [4.78, 5) is 23.9. The summed E-state index contributed by atoms with van der Waals surface area (Å²) in [6.07, 6.45) is 1.36. The fourth-order valence-electron chi connectivity index (χ4n) is 1.93. The maximum Gasteiger partial charge on any atom is 0.408 e. The molecule has 0 spiro atoms. The van der Waals surface area contributed by atoms with E-state index in [1.54, 1.807) is 0 Å². The highest BCUT2D eigenvalue weighted by molar-refractivity contribution is 5.85. The van der Waals surface area contributed by atoms with Gasteiger partial charge >= 0.3 is 6.09 Å². The van der Waals surface area contributed by atoms with Crippen LogP contribution in [0.15, 0.2) is 30.3 Å². The Morgan fingerprint density at radius 3 is 2.45 bits per heavy atom. The largest absolute Gasteiger partial charge is 0.445 e. The molecule has 0 fully saturated rings. The zero-order valence-electron chi connectivity index (χ0n) is 13.6. The van der Waals surface area contributed by atoms with Crippen LogP contribution < -0.4 is 10.6 Å². The van der Waals surface area contributed by atoms with Crippen molar-refractivity contribution in [2.24, 2.45) is 5.92 Å². The summed E-state index contributed by atoms with van der Waals surface area (Å²) < 4.78 is 5.15. The molecule has 0 aliphatic heterocycles. The van der Waals surface area contributed by atoms with Crippen LogP contribution in [-0.2, 0) is 16.1 Å². The van der Waals surface area contributed by atoms with Gasteiger partial charge in [-0.2, -0.15) is 0 Å². The van der Waals surface area contributed by atoms with Gasteiger partial charge in [-0.25, -0.2) is 4.79 Å². The minimum Gasteiger partial charge on any atom is -0.445 e. The highest BCUT2D eigenvalue weighted by Crippen LogP contribution is 2.04. The first-order valence-corrected chi connectivity index (χ1v) is 7.79. The molecule has 0 saturated carbocycles. The first-order chi connectivity index (χ1) is 10.5. The molecule has 5 heteroatoms. The van der Waals surface area contributed by atoms with Gasteiger partial charge in [-0.1, -0.05) is 57.5 Å². The highest BCUT2D eigenvalue weighted by Gasteiger charge is 2.24. The van der Waals surface area contributed by atoms with Crippen LogP contribution in [0, 0.1) is 5.92 Å². The molecule has 0 saturated heterocycles. The molecule has 2 amide bonds. The van der Waals surface area contributed by atoms with E-state index in [0.29, 0.717) is 6.54 Å². The molecule has 1 aromatic rings. The van der Waals surface area contributed by atoms with Crippen molar-refractivity contribution in [3.63, 3.8) is 0 Å². The third-order valence-corrected chi connectivity index (χ3v) is 3.26. The normalized spacial score (nSPS) is 11.8. The maximum absolute atomic E-state index is 12.1. The van der Waals surface area contributed by atoms with Crippen molar-refractivity contribution in [3.8, 4) is 0 Å². The molecule has 122 valence electrons. The smallest absolute Gasteiger partial charge is 0.408 e. The van der Waals surface area contributed by atoms with Crippen LogP contribution in [0.25, 0.3) is 0 Å². The highest BCUT2D eigenvalue weighted by atomic mass is 16.5. The number of unbranched alkanes of at least 4 members (excludes halogenated alkanes) is 1. The molecule has 1 aromatic carbocycles. The lowest BCUT2D eigenvalue weighted by Gasteiger charge is -2.21. The molecule has 1 rings (SSSR count). The molecule has 0 radical (unpaired) electrons. The maximum atomic E-state index is 12.1. The van der Waals surface area contributed by atoms with Gasteiger partial charge in [-0.15, -0.1) is 0 Å². The zero-order chi connectivity index (χ0) is 16.4.